The van der Waals surface area contributed by atoms with Gasteiger partial charge >= 0.3 is 5.97 Å². The fourth-order valence-corrected chi connectivity index (χ4v) is 1.13. The van der Waals surface area contributed by atoms with Crippen molar-refractivity contribution < 1.29 is 9.53 Å². The maximum absolute atomic E-state index is 11.1. The van der Waals surface area contributed by atoms with Crippen molar-refractivity contribution in [1.29, 1.82) is 0 Å². The summed E-state index contributed by atoms with van der Waals surface area (Å²) in [6.07, 6.45) is 1.19. The number of rotatable bonds is 4. The zero-order valence-electron chi connectivity index (χ0n) is 8.32. The molecule has 0 saturated carbocycles. The van der Waals surface area contributed by atoms with Crippen molar-refractivity contribution in [2.45, 2.75) is 19.8 Å². The van der Waals surface area contributed by atoms with Crippen LogP contribution in [0.25, 0.3) is 0 Å². The number of carbonyl (C=O) groups excluding carboxylic acids is 1. The van der Waals surface area contributed by atoms with Gasteiger partial charge in [-0.05, 0) is 24.1 Å². The van der Waals surface area contributed by atoms with Crippen molar-refractivity contribution in [3.8, 4) is 5.75 Å². The van der Waals surface area contributed by atoms with Crippen LogP contribution in [0.5, 0.6) is 5.75 Å². The summed E-state index contributed by atoms with van der Waals surface area (Å²) in [6.45, 7) is 2.38. The second kappa shape index (κ2) is 5.40. The molecule has 0 atom stereocenters. The average molecular weight is 193 g/mol. The number of hydrogen-bond donors (Lipinski definition) is 1. The highest BCUT2D eigenvalue weighted by molar-refractivity contribution is 5.72. The second-order valence-corrected chi connectivity index (χ2v) is 3.01. The molecule has 0 heterocycles. The van der Waals surface area contributed by atoms with E-state index < -0.39 is 0 Å². The van der Waals surface area contributed by atoms with Gasteiger partial charge in [0, 0.05) is 6.54 Å². The van der Waals surface area contributed by atoms with Crippen LogP contribution in [0, 0.1) is 0 Å². The zero-order valence-corrected chi connectivity index (χ0v) is 8.32. The van der Waals surface area contributed by atoms with Crippen LogP contribution in [-0.4, -0.2) is 12.5 Å². The summed E-state index contributed by atoms with van der Waals surface area (Å²) in [5.74, 6) is 0.323. The van der Waals surface area contributed by atoms with Gasteiger partial charge in [-0.1, -0.05) is 19.1 Å². The molecular formula is C11H15NO2. The summed E-state index contributed by atoms with van der Waals surface area (Å²) < 4.78 is 5.08. The van der Waals surface area contributed by atoms with Gasteiger partial charge in [0.1, 0.15) is 5.75 Å². The fraction of sp³-hybridized carbons (Fsp3) is 0.364. The van der Waals surface area contributed by atoms with E-state index in [0.717, 1.165) is 12.0 Å². The molecule has 3 heteroatoms. The first-order valence-corrected chi connectivity index (χ1v) is 4.76. The van der Waals surface area contributed by atoms with Gasteiger partial charge in [0.05, 0.1) is 6.42 Å². The quantitative estimate of drug-likeness (QED) is 0.582. The van der Waals surface area contributed by atoms with Crippen LogP contribution in [0.2, 0.25) is 0 Å². The molecule has 14 heavy (non-hydrogen) atoms. The lowest BCUT2D eigenvalue weighted by molar-refractivity contribution is -0.134. The molecule has 76 valence electrons. The Morgan fingerprint density at radius 1 is 1.50 bits per heavy atom. The largest absolute Gasteiger partial charge is 0.426 e. The van der Waals surface area contributed by atoms with Crippen LogP contribution in [-0.2, 0) is 11.2 Å². The van der Waals surface area contributed by atoms with E-state index in [1.807, 2.05) is 18.2 Å². The minimum absolute atomic E-state index is 0.260. The Balaban J connectivity index is 2.62. The third kappa shape index (κ3) is 3.18. The van der Waals surface area contributed by atoms with E-state index in [1.54, 1.807) is 6.07 Å². The maximum atomic E-state index is 11.1. The highest BCUT2D eigenvalue weighted by atomic mass is 16.5. The predicted octanol–water partition coefficient (Wildman–Crippen LogP) is 1.50. The molecule has 0 aromatic heterocycles. The van der Waals surface area contributed by atoms with Crippen LogP contribution in [0.15, 0.2) is 24.3 Å². The zero-order chi connectivity index (χ0) is 10.4. The molecule has 0 aliphatic rings. The third-order valence-corrected chi connectivity index (χ3v) is 1.89. The van der Waals surface area contributed by atoms with Gasteiger partial charge in [-0.2, -0.15) is 0 Å². The summed E-state index contributed by atoms with van der Waals surface area (Å²) in [5.41, 5.74) is 6.39. The molecule has 0 aliphatic heterocycles. The van der Waals surface area contributed by atoms with E-state index >= 15 is 0 Å². The summed E-state index contributed by atoms with van der Waals surface area (Å²) in [5, 5.41) is 0. The number of ether oxygens (including phenoxy) is 1. The molecule has 0 spiro atoms. The van der Waals surface area contributed by atoms with Crippen molar-refractivity contribution >= 4 is 5.97 Å². The van der Waals surface area contributed by atoms with E-state index in [9.17, 15) is 4.79 Å². The van der Waals surface area contributed by atoms with Crippen LogP contribution in [0.1, 0.15) is 18.9 Å². The number of esters is 1. The molecule has 2 N–H and O–H groups in total. The van der Waals surface area contributed by atoms with E-state index in [0.29, 0.717) is 12.3 Å². The van der Waals surface area contributed by atoms with Gasteiger partial charge in [-0.3, -0.25) is 4.79 Å². The lowest BCUT2D eigenvalue weighted by Crippen LogP contribution is -2.13. The Morgan fingerprint density at radius 3 is 2.93 bits per heavy atom. The summed E-state index contributed by atoms with van der Waals surface area (Å²) >= 11 is 0. The topological polar surface area (TPSA) is 52.3 Å². The molecule has 0 amide bonds. The summed E-state index contributed by atoms with van der Waals surface area (Å²) in [6, 6.07) is 7.52. The van der Waals surface area contributed by atoms with Gasteiger partial charge in [-0.15, -0.1) is 0 Å². The molecular weight excluding hydrogens is 178 g/mol. The van der Waals surface area contributed by atoms with E-state index in [4.69, 9.17) is 10.5 Å². The van der Waals surface area contributed by atoms with Crippen LogP contribution >= 0.6 is 0 Å². The van der Waals surface area contributed by atoms with Crippen molar-refractivity contribution in [1.82, 2.24) is 0 Å². The second-order valence-electron chi connectivity index (χ2n) is 3.01. The molecule has 1 aromatic carbocycles. The Morgan fingerprint density at radius 2 is 2.29 bits per heavy atom. The molecule has 1 aromatic rings. The van der Waals surface area contributed by atoms with Crippen LogP contribution in [0.3, 0.4) is 0 Å². The molecule has 0 unspecified atom stereocenters. The third-order valence-electron chi connectivity index (χ3n) is 1.89. The number of benzene rings is 1. The predicted molar refractivity (Wildman–Crippen MR) is 55.1 cm³/mol. The van der Waals surface area contributed by atoms with E-state index in [1.165, 1.54) is 0 Å². The van der Waals surface area contributed by atoms with Crippen molar-refractivity contribution in [2.24, 2.45) is 5.73 Å². The molecule has 0 aliphatic carbocycles. The monoisotopic (exact) mass is 193 g/mol. The average Bonchev–Trinajstić information content (AvgIpc) is 2.18. The number of aryl methyl sites for hydroxylation is 1. The normalized spacial score (nSPS) is 9.86. The van der Waals surface area contributed by atoms with Gasteiger partial charge in [0.25, 0.3) is 0 Å². The highest BCUT2D eigenvalue weighted by Crippen LogP contribution is 2.14. The lowest BCUT2D eigenvalue weighted by Gasteiger charge is -2.04. The van der Waals surface area contributed by atoms with Gasteiger partial charge < -0.3 is 10.5 Å². The lowest BCUT2D eigenvalue weighted by atomic mass is 10.2. The van der Waals surface area contributed by atoms with E-state index in [-0.39, 0.29) is 12.4 Å². The fourth-order valence-electron chi connectivity index (χ4n) is 1.13. The Hall–Kier alpha value is -1.35. The molecule has 0 saturated heterocycles. The minimum Gasteiger partial charge on any atom is -0.426 e. The SMILES string of the molecule is CCc1cccc(OC(=O)CCN)c1. The molecule has 3 nitrogen and oxygen atoms in total. The smallest absolute Gasteiger partial charge is 0.312 e. The van der Waals surface area contributed by atoms with Gasteiger partial charge in [0.15, 0.2) is 0 Å². The van der Waals surface area contributed by atoms with Crippen LogP contribution in [0.4, 0.5) is 0 Å². The number of carbonyl (C=O) groups is 1. The molecule has 0 radical (unpaired) electrons. The first-order valence-electron chi connectivity index (χ1n) is 4.76. The van der Waals surface area contributed by atoms with Crippen molar-refractivity contribution in [2.75, 3.05) is 6.54 Å². The summed E-state index contributed by atoms with van der Waals surface area (Å²) in [7, 11) is 0. The van der Waals surface area contributed by atoms with Gasteiger partial charge in [-0.25, -0.2) is 0 Å². The number of nitrogens with two attached hydrogens (primary N) is 1. The highest BCUT2D eigenvalue weighted by Gasteiger charge is 2.03. The Bertz CT molecular complexity index is 310. The first kappa shape index (κ1) is 10.7. The Kier molecular flexibility index (Phi) is 4.13. The standard InChI is InChI=1S/C11H15NO2/c1-2-9-4-3-5-10(8-9)14-11(13)6-7-12/h3-5,8H,2,6-7,12H2,1H3. The van der Waals surface area contributed by atoms with Crippen molar-refractivity contribution in [3.63, 3.8) is 0 Å². The van der Waals surface area contributed by atoms with Crippen LogP contribution < -0.4 is 10.5 Å². The molecule has 0 fully saturated rings. The maximum Gasteiger partial charge on any atom is 0.312 e. The Labute approximate surface area is 83.9 Å². The molecule has 1 rings (SSSR count). The number of hydrogen-bond acceptors (Lipinski definition) is 3. The minimum atomic E-state index is -0.277. The summed E-state index contributed by atoms with van der Waals surface area (Å²) in [4.78, 5) is 11.1. The van der Waals surface area contributed by atoms with Gasteiger partial charge in [0.2, 0.25) is 0 Å². The van der Waals surface area contributed by atoms with E-state index in [2.05, 4.69) is 6.92 Å². The molecule has 0 bridgehead atoms. The first-order chi connectivity index (χ1) is 6.76. The van der Waals surface area contributed by atoms with Crippen molar-refractivity contribution in [3.05, 3.63) is 29.8 Å².